The van der Waals surface area contributed by atoms with Gasteiger partial charge < -0.3 is 9.88 Å². The molecule has 1 saturated carbocycles. The molecule has 20 heavy (non-hydrogen) atoms. The van der Waals surface area contributed by atoms with Gasteiger partial charge in [0.15, 0.2) is 0 Å². The highest BCUT2D eigenvalue weighted by Crippen LogP contribution is 2.42. The summed E-state index contributed by atoms with van der Waals surface area (Å²) >= 11 is 0. The standard InChI is InChI=1S/C16H20N4/c1-5-16(6-1)10-14(4-9-19-16)20-12-18-11-15(20)13-2-7-17-8-3-13/h2-3,7-8,11-12,14,19H,1,4-6,9-10H2. The second-order valence-electron chi connectivity index (χ2n) is 6.13. The molecule has 104 valence electrons. The Labute approximate surface area is 119 Å². The van der Waals surface area contributed by atoms with Crippen LogP contribution in [-0.2, 0) is 0 Å². The predicted molar refractivity (Wildman–Crippen MR) is 78.3 cm³/mol. The van der Waals surface area contributed by atoms with E-state index in [1.54, 1.807) is 0 Å². The Balaban J connectivity index is 1.64. The Morgan fingerprint density at radius 3 is 2.80 bits per heavy atom. The van der Waals surface area contributed by atoms with Crippen molar-refractivity contribution in [2.24, 2.45) is 0 Å². The number of imidazole rings is 1. The summed E-state index contributed by atoms with van der Waals surface area (Å²) in [6, 6.07) is 4.70. The van der Waals surface area contributed by atoms with Crippen LogP contribution in [0.1, 0.15) is 38.1 Å². The molecule has 0 radical (unpaired) electrons. The summed E-state index contributed by atoms with van der Waals surface area (Å²) in [7, 11) is 0. The molecule has 1 unspecified atom stereocenters. The van der Waals surface area contributed by atoms with Crippen LogP contribution in [0.15, 0.2) is 37.1 Å². The van der Waals surface area contributed by atoms with Crippen molar-refractivity contribution in [1.29, 1.82) is 0 Å². The largest absolute Gasteiger partial charge is 0.327 e. The molecule has 4 rings (SSSR count). The number of nitrogens with zero attached hydrogens (tertiary/aromatic N) is 3. The molecule has 1 atom stereocenters. The van der Waals surface area contributed by atoms with E-state index in [-0.39, 0.29) is 0 Å². The van der Waals surface area contributed by atoms with Crippen LogP contribution in [0, 0.1) is 0 Å². The van der Waals surface area contributed by atoms with Crippen molar-refractivity contribution >= 4 is 0 Å². The molecule has 1 spiro atoms. The molecular weight excluding hydrogens is 248 g/mol. The van der Waals surface area contributed by atoms with Gasteiger partial charge in [-0.2, -0.15) is 0 Å². The zero-order valence-corrected chi connectivity index (χ0v) is 11.6. The third-order valence-corrected chi connectivity index (χ3v) is 4.95. The second-order valence-corrected chi connectivity index (χ2v) is 6.13. The van der Waals surface area contributed by atoms with Gasteiger partial charge in [0.25, 0.3) is 0 Å². The van der Waals surface area contributed by atoms with E-state index >= 15 is 0 Å². The third kappa shape index (κ3) is 1.95. The lowest BCUT2D eigenvalue weighted by Crippen LogP contribution is -2.55. The molecule has 2 aliphatic rings. The van der Waals surface area contributed by atoms with Gasteiger partial charge in [0, 0.05) is 29.5 Å². The first kappa shape index (κ1) is 12.1. The molecule has 0 aromatic carbocycles. The zero-order valence-electron chi connectivity index (χ0n) is 11.6. The Bertz CT molecular complexity index is 586. The topological polar surface area (TPSA) is 42.7 Å². The highest BCUT2D eigenvalue weighted by atomic mass is 15.1. The average molecular weight is 268 g/mol. The van der Waals surface area contributed by atoms with E-state index in [0.29, 0.717) is 11.6 Å². The van der Waals surface area contributed by atoms with Crippen LogP contribution in [0.2, 0.25) is 0 Å². The van der Waals surface area contributed by atoms with Gasteiger partial charge in [0.05, 0.1) is 18.2 Å². The van der Waals surface area contributed by atoms with E-state index < -0.39 is 0 Å². The number of rotatable bonds is 2. The third-order valence-electron chi connectivity index (χ3n) is 4.95. The van der Waals surface area contributed by atoms with Gasteiger partial charge in [0.1, 0.15) is 0 Å². The van der Waals surface area contributed by atoms with Crippen molar-refractivity contribution in [3.63, 3.8) is 0 Å². The number of piperidine rings is 1. The SMILES string of the molecule is c1cc(-c2cncn2C2CCNC3(CCC3)C2)ccn1. The van der Waals surface area contributed by atoms with E-state index in [4.69, 9.17) is 0 Å². The molecule has 1 aliphatic carbocycles. The molecule has 1 aliphatic heterocycles. The quantitative estimate of drug-likeness (QED) is 0.910. The lowest BCUT2D eigenvalue weighted by atomic mass is 9.70. The van der Waals surface area contributed by atoms with Gasteiger partial charge >= 0.3 is 0 Å². The van der Waals surface area contributed by atoms with Crippen LogP contribution in [0.25, 0.3) is 11.3 Å². The van der Waals surface area contributed by atoms with Crippen LogP contribution in [-0.4, -0.2) is 26.6 Å². The highest BCUT2D eigenvalue weighted by Gasteiger charge is 2.41. The molecule has 1 saturated heterocycles. The first-order chi connectivity index (χ1) is 9.86. The van der Waals surface area contributed by atoms with Crippen molar-refractivity contribution in [2.45, 2.75) is 43.7 Å². The molecule has 3 heterocycles. The van der Waals surface area contributed by atoms with E-state index in [0.717, 1.165) is 6.54 Å². The number of hydrogen-bond donors (Lipinski definition) is 1. The molecule has 0 amide bonds. The van der Waals surface area contributed by atoms with Gasteiger partial charge in [0.2, 0.25) is 0 Å². The molecule has 2 aromatic rings. The van der Waals surface area contributed by atoms with Crippen molar-refractivity contribution < 1.29 is 0 Å². The lowest BCUT2D eigenvalue weighted by molar-refractivity contribution is 0.110. The zero-order chi connectivity index (χ0) is 13.4. The summed E-state index contributed by atoms with van der Waals surface area (Å²) in [5.74, 6) is 0. The second kappa shape index (κ2) is 4.70. The summed E-state index contributed by atoms with van der Waals surface area (Å²) in [5, 5.41) is 3.74. The molecule has 4 nitrogen and oxygen atoms in total. The van der Waals surface area contributed by atoms with Gasteiger partial charge in [-0.25, -0.2) is 4.98 Å². The molecule has 4 heteroatoms. The minimum Gasteiger partial charge on any atom is -0.327 e. The van der Waals surface area contributed by atoms with Gasteiger partial charge in [-0.05, 0) is 50.8 Å². The molecule has 0 bridgehead atoms. The summed E-state index contributed by atoms with van der Waals surface area (Å²) in [4.78, 5) is 8.49. The normalized spacial score (nSPS) is 24.5. The number of aromatic nitrogens is 3. The van der Waals surface area contributed by atoms with Crippen molar-refractivity contribution in [3.8, 4) is 11.3 Å². The first-order valence-electron chi connectivity index (χ1n) is 7.54. The number of pyridine rings is 1. The summed E-state index contributed by atoms with van der Waals surface area (Å²) in [5.41, 5.74) is 2.84. The van der Waals surface area contributed by atoms with Crippen molar-refractivity contribution in [1.82, 2.24) is 19.9 Å². The first-order valence-corrected chi connectivity index (χ1v) is 7.54. The number of hydrogen-bond acceptors (Lipinski definition) is 3. The monoisotopic (exact) mass is 268 g/mol. The van der Waals surface area contributed by atoms with Gasteiger partial charge in [-0.15, -0.1) is 0 Å². The van der Waals surface area contributed by atoms with Crippen molar-refractivity contribution in [2.75, 3.05) is 6.54 Å². The Morgan fingerprint density at radius 1 is 1.20 bits per heavy atom. The highest BCUT2D eigenvalue weighted by molar-refractivity contribution is 5.58. The summed E-state index contributed by atoms with van der Waals surface area (Å²) in [6.45, 7) is 1.12. The minimum absolute atomic E-state index is 0.419. The van der Waals surface area contributed by atoms with Crippen LogP contribution >= 0.6 is 0 Å². The fourth-order valence-electron chi connectivity index (χ4n) is 3.69. The minimum atomic E-state index is 0.419. The van der Waals surface area contributed by atoms with E-state index in [9.17, 15) is 0 Å². The molecule has 2 fully saturated rings. The number of nitrogens with one attached hydrogen (secondary N) is 1. The summed E-state index contributed by atoms with van der Waals surface area (Å²) < 4.78 is 2.37. The molecule has 2 aromatic heterocycles. The average Bonchev–Trinajstić information content (AvgIpc) is 2.96. The van der Waals surface area contributed by atoms with E-state index in [1.165, 1.54) is 43.4 Å². The molecular formula is C16H20N4. The van der Waals surface area contributed by atoms with Crippen LogP contribution < -0.4 is 5.32 Å². The maximum Gasteiger partial charge on any atom is 0.0953 e. The maximum absolute atomic E-state index is 4.39. The maximum atomic E-state index is 4.39. The van der Waals surface area contributed by atoms with Crippen molar-refractivity contribution in [3.05, 3.63) is 37.1 Å². The van der Waals surface area contributed by atoms with E-state index in [2.05, 4.69) is 32.0 Å². The fraction of sp³-hybridized carbons (Fsp3) is 0.500. The van der Waals surface area contributed by atoms with Gasteiger partial charge in [-0.3, -0.25) is 4.98 Å². The van der Waals surface area contributed by atoms with Crippen LogP contribution in [0.3, 0.4) is 0 Å². The lowest BCUT2D eigenvalue weighted by Gasteiger charge is -2.48. The van der Waals surface area contributed by atoms with Crippen LogP contribution in [0.4, 0.5) is 0 Å². The Hall–Kier alpha value is -1.68. The van der Waals surface area contributed by atoms with Crippen LogP contribution in [0.5, 0.6) is 0 Å². The Morgan fingerprint density at radius 2 is 2.05 bits per heavy atom. The summed E-state index contributed by atoms with van der Waals surface area (Å²) in [6.07, 6.45) is 14.2. The Kier molecular flexibility index (Phi) is 2.84. The fourth-order valence-corrected chi connectivity index (χ4v) is 3.69. The predicted octanol–water partition coefficient (Wildman–Crippen LogP) is 2.79. The molecule has 1 N–H and O–H groups in total. The van der Waals surface area contributed by atoms with E-state index in [1.807, 2.05) is 24.9 Å². The van der Waals surface area contributed by atoms with Gasteiger partial charge in [-0.1, -0.05) is 0 Å². The smallest absolute Gasteiger partial charge is 0.0953 e.